The molecule has 16 heavy (non-hydrogen) atoms. The van der Waals surface area contributed by atoms with Crippen molar-refractivity contribution < 1.29 is 4.74 Å². The van der Waals surface area contributed by atoms with Gasteiger partial charge in [0.25, 0.3) is 0 Å². The molecule has 96 valence electrons. The van der Waals surface area contributed by atoms with Gasteiger partial charge >= 0.3 is 0 Å². The maximum Gasteiger partial charge on any atom is 0.0495 e. The second-order valence-electron chi connectivity index (χ2n) is 5.15. The number of unbranched alkanes of at least 4 members (excludes halogenated alkanes) is 1. The summed E-state index contributed by atoms with van der Waals surface area (Å²) in [5.41, 5.74) is 0. The maximum atomic E-state index is 5.90. The van der Waals surface area contributed by atoms with Crippen molar-refractivity contribution in [3.63, 3.8) is 0 Å². The number of nitrogens with one attached hydrogen (secondary N) is 1. The highest BCUT2D eigenvalue weighted by Crippen LogP contribution is 2.16. The third kappa shape index (κ3) is 5.86. The van der Waals surface area contributed by atoms with E-state index >= 15 is 0 Å². The summed E-state index contributed by atoms with van der Waals surface area (Å²) >= 11 is 0. The fourth-order valence-electron chi connectivity index (χ4n) is 2.35. The highest BCUT2D eigenvalue weighted by Gasteiger charge is 2.14. The Labute approximate surface area is 101 Å². The molecule has 0 aromatic rings. The number of piperidine rings is 1. The van der Waals surface area contributed by atoms with E-state index in [-0.39, 0.29) is 0 Å². The van der Waals surface area contributed by atoms with Crippen molar-refractivity contribution >= 4 is 0 Å². The van der Waals surface area contributed by atoms with E-state index in [0.29, 0.717) is 0 Å². The van der Waals surface area contributed by atoms with Gasteiger partial charge < -0.3 is 10.1 Å². The molecular weight excluding hydrogens is 198 g/mol. The molecule has 1 aliphatic heterocycles. The predicted octanol–water partition coefficient (Wildman–Crippen LogP) is 3.22. The predicted molar refractivity (Wildman–Crippen MR) is 69.7 cm³/mol. The summed E-state index contributed by atoms with van der Waals surface area (Å²) in [4.78, 5) is 0. The summed E-state index contributed by atoms with van der Waals surface area (Å²) in [6, 6.07) is 0. The number of hydrogen-bond donors (Lipinski definition) is 1. The normalized spacial score (nSPS) is 19.9. The largest absolute Gasteiger partial charge is 0.381 e. The molecule has 0 spiro atoms. The molecule has 1 aliphatic rings. The van der Waals surface area contributed by atoms with Gasteiger partial charge in [0.15, 0.2) is 0 Å². The zero-order valence-corrected chi connectivity index (χ0v) is 11.1. The van der Waals surface area contributed by atoms with Crippen molar-refractivity contribution in [1.82, 2.24) is 5.32 Å². The molecule has 1 atom stereocenters. The quantitative estimate of drug-likeness (QED) is 0.687. The van der Waals surface area contributed by atoms with Crippen molar-refractivity contribution in [3.8, 4) is 0 Å². The Hall–Kier alpha value is -0.0800. The van der Waals surface area contributed by atoms with E-state index in [1.807, 2.05) is 0 Å². The van der Waals surface area contributed by atoms with Gasteiger partial charge in [-0.3, -0.25) is 0 Å². The zero-order valence-electron chi connectivity index (χ0n) is 11.1. The van der Waals surface area contributed by atoms with Crippen LogP contribution in [0.15, 0.2) is 0 Å². The van der Waals surface area contributed by atoms with Gasteiger partial charge in [-0.25, -0.2) is 0 Å². The fraction of sp³-hybridized carbons (Fsp3) is 1.00. The molecule has 0 aromatic carbocycles. The average Bonchev–Trinajstić information content (AvgIpc) is 2.35. The molecule has 1 fully saturated rings. The van der Waals surface area contributed by atoms with Crippen LogP contribution in [0.5, 0.6) is 0 Å². The molecular formula is C14H29NO. The van der Waals surface area contributed by atoms with Crippen LogP contribution in [0, 0.1) is 11.8 Å². The van der Waals surface area contributed by atoms with E-state index in [0.717, 1.165) is 25.0 Å². The molecule has 1 unspecified atom stereocenters. The van der Waals surface area contributed by atoms with E-state index in [4.69, 9.17) is 4.74 Å². The Morgan fingerprint density at radius 1 is 1.25 bits per heavy atom. The topological polar surface area (TPSA) is 21.3 Å². The third-order valence-electron chi connectivity index (χ3n) is 3.71. The summed E-state index contributed by atoms with van der Waals surface area (Å²) in [5.74, 6) is 1.60. The van der Waals surface area contributed by atoms with Crippen molar-refractivity contribution in [2.24, 2.45) is 11.8 Å². The highest BCUT2D eigenvalue weighted by molar-refractivity contribution is 4.68. The summed E-state index contributed by atoms with van der Waals surface area (Å²) in [6.07, 6.45) is 7.88. The molecule has 1 N–H and O–H groups in total. The molecule has 1 saturated heterocycles. The summed E-state index contributed by atoms with van der Waals surface area (Å²) in [7, 11) is 0. The van der Waals surface area contributed by atoms with Crippen LogP contribution in [0.25, 0.3) is 0 Å². The van der Waals surface area contributed by atoms with Crippen molar-refractivity contribution in [2.75, 3.05) is 26.3 Å². The van der Waals surface area contributed by atoms with E-state index in [1.54, 1.807) is 0 Å². The Bertz CT molecular complexity index is 155. The number of rotatable bonds is 8. The number of ether oxygens (including phenoxy) is 1. The van der Waals surface area contributed by atoms with Gasteiger partial charge in [0.05, 0.1) is 0 Å². The van der Waals surface area contributed by atoms with Gasteiger partial charge in [-0.15, -0.1) is 0 Å². The molecule has 1 rings (SSSR count). The number of hydrogen-bond acceptors (Lipinski definition) is 2. The van der Waals surface area contributed by atoms with Gasteiger partial charge in [-0.1, -0.05) is 33.1 Å². The molecule has 0 amide bonds. The lowest BCUT2D eigenvalue weighted by Crippen LogP contribution is -2.30. The monoisotopic (exact) mass is 227 g/mol. The van der Waals surface area contributed by atoms with Crippen LogP contribution in [0.2, 0.25) is 0 Å². The standard InChI is InChI=1S/C14H29NO/c1-3-5-6-13(4-2)11-16-12-14-7-9-15-10-8-14/h13-15H,3-12H2,1-2H3. The lowest BCUT2D eigenvalue weighted by Gasteiger charge is -2.23. The van der Waals surface area contributed by atoms with Crippen LogP contribution < -0.4 is 5.32 Å². The zero-order chi connectivity index (χ0) is 11.6. The van der Waals surface area contributed by atoms with Gasteiger partial charge in [0.2, 0.25) is 0 Å². The van der Waals surface area contributed by atoms with E-state index in [2.05, 4.69) is 19.2 Å². The van der Waals surface area contributed by atoms with Crippen LogP contribution in [-0.4, -0.2) is 26.3 Å². The van der Waals surface area contributed by atoms with Crippen LogP contribution in [0.4, 0.5) is 0 Å². The summed E-state index contributed by atoms with van der Waals surface area (Å²) < 4.78 is 5.90. The van der Waals surface area contributed by atoms with E-state index in [1.165, 1.54) is 51.6 Å². The minimum atomic E-state index is 0.793. The first-order chi connectivity index (χ1) is 7.86. The molecule has 0 bridgehead atoms. The van der Waals surface area contributed by atoms with Gasteiger partial charge in [0, 0.05) is 13.2 Å². The molecule has 0 aliphatic carbocycles. The Balaban J connectivity index is 2.02. The first-order valence-corrected chi connectivity index (χ1v) is 7.15. The SMILES string of the molecule is CCCCC(CC)COCC1CCNCC1. The highest BCUT2D eigenvalue weighted by atomic mass is 16.5. The minimum absolute atomic E-state index is 0.793. The summed E-state index contributed by atoms with van der Waals surface area (Å²) in [6.45, 7) is 8.89. The second-order valence-corrected chi connectivity index (χ2v) is 5.15. The molecule has 0 radical (unpaired) electrons. The molecule has 0 saturated carbocycles. The van der Waals surface area contributed by atoms with Crippen LogP contribution in [0.1, 0.15) is 52.4 Å². The Morgan fingerprint density at radius 2 is 2.00 bits per heavy atom. The second kappa shape index (κ2) is 9.00. The Morgan fingerprint density at radius 3 is 2.62 bits per heavy atom. The van der Waals surface area contributed by atoms with Gasteiger partial charge in [-0.05, 0) is 44.2 Å². The first kappa shape index (κ1) is 14.0. The summed E-state index contributed by atoms with van der Waals surface area (Å²) in [5, 5.41) is 3.40. The minimum Gasteiger partial charge on any atom is -0.381 e. The molecule has 1 heterocycles. The molecule has 0 aromatic heterocycles. The van der Waals surface area contributed by atoms with Crippen LogP contribution >= 0.6 is 0 Å². The Kier molecular flexibility index (Phi) is 7.87. The van der Waals surface area contributed by atoms with Crippen molar-refractivity contribution in [1.29, 1.82) is 0 Å². The smallest absolute Gasteiger partial charge is 0.0495 e. The lowest BCUT2D eigenvalue weighted by atomic mass is 9.98. The fourth-order valence-corrected chi connectivity index (χ4v) is 2.35. The van der Waals surface area contributed by atoms with Crippen LogP contribution in [0.3, 0.4) is 0 Å². The van der Waals surface area contributed by atoms with Crippen LogP contribution in [-0.2, 0) is 4.74 Å². The third-order valence-corrected chi connectivity index (χ3v) is 3.71. The van der Waals surface area contributed by atoms with Crippen molar-refractivity contribution in [2.45, 2.75) is 52.4 Å². The van der Waals surface area contributed by atoms with E-state index < -0.39 is 0 Å². The van der Waals surface area contributed by atoms with Crippen molar-refractivity contribution in [3.05, 3.63) is 0 Å². The van der Waals surface area contributed by atoms with Gasteiger partial charge in [0.1, 0.15) is 0 Å². The molecule has 2 heteroatoms. The lowest BCUT2D eigenvalue weighted by molar-refractivity contribution is 0.0586. The van der Waals surface area contributed by atoms with Gasteiger partial charge in [-0.2, -0.15) is 0 Å². The first-order valence-electron chi connectivity index (χ1n) is 7.15. The van der Waals surface area contributed by atoms with E-state index in [9.17, 15) is 0 Å². The maximum absolute atomic E-state index is 5.90. The average molecular weight is 227 g/mol. The molecule has 2 nitrogen and oxygen atoms in total.